The second-order valence-electron chi connectivity index (χ2n) is 8.92. The Morgan fingerprint density at radius 1 is 1.09 bits per heavy atom. The first-order valence-electron chi connectivity index (χ1n) is 11.3. The van der Waals surface area contributed by atoms with Crippen LogP contribution >= 0.6 is 0 Å². The lowest BCUT2D eigenvalue weighted by atomic mass is 9.96. The van der Waals surface area contributed by atoms with E-state index < -0.39 is 0 Å². The molecule has 1 saturated heterocycles. The Balaban J connectivity index is 1.62. The van der Waals surface area contributed by atoms with Gasteiger partial charge in [-0.15, -0.1) is 0 Å². The van der Waals surface area contributed by atoms with Gasteiger partial charge in [-0.1, -0.05) is 32.0 Å². The maximum atomic E-state index is 13.6. The molecule has 4 aromatic rings. The highest BCUT2D eigenvalue weighted by molar-refractivity contribution is 5.94. The standard InChI is InChI=1S/C25H27N5O2/c1-17(2)16-29-21-10-3-4-11-22(21)30-23(25(29)32)14-19(27-30)24(31)28-13-6-5-9-20(28)18-8-7-12-26-15-18/h3-4,7-8,10-12,14-15,17,20H,5-6,9,13,16H2,1-2H3/t20-/m1/s1. The summed E-state index contributed by atoms with van der Waals surface area (Å²) in [7, 11) is 0. The van der Waals surface area contributed by atoms with Crippen molar-refractivity contribution in [2.24, 2.45) is 5.92 Å². The van der Waals surface area contributed by atoms with Gasteiger partial charge in [0.15, 0.2) is 5.69 Å². The molecule has 0 radical (unpaired) electrons. The Kier molecular flexibility index (Phi) is 5.25. The molecule has 0 spiro atoms. The summed E-state index contributed by atoms with van der Waals surface area (Å²) >= 11 is 0. The second-order valence-corrected chi connectivity index (χ2v) is 8.92. The molecule has 1 atom stereocenters. The monoisotopic (exact) mass is 429 g/mol. The molecule has 3 aromatic heterocycles. The number of aromatic nitrogens is 4. The summed E-state index contributed by atoms with van der Waals surface area (Å²) in [5.41, 5.74) is 3.31. The van der Waals surface area contributed by atoms with Crippen LogP contribution in [-0.4, -0.2) is 36.5 Å². The molecule has 1 fully saturated rings. The zero-order valence-electron chi connectivity index (χ0n) is 18.4. The van der Waals surface area contributed by atoms with Crippen LogP contribution in [0.1, 0.15) is 55.2 Å². The number of carbonyl (C=O) groups excluding carboxylic acids is 1. The first-order valence-corrected chi connectivity index (χ1v) is 11.3. The number of fused-ring (bicyclic) bond motifs is 3. The average Bonchev–Trinajstić information content (AvgIpc) is 3.28. The number of hydrogen-bond donors (Lipinski definition) is 0. The quantitative estimate of drug-likeness (QED) is 0.490. The third-order valence-corrected chi connectivity index (χ3v) is 6.17. The number of hydrogen-bond acceptors (Lipinski definition) is 4. The van der Waals surface area contributed by atoms with Crippen molar-refractivity contribution >= 4 is 22.5 Å². The van der Waals surface area contributed by atoms with E-state index >= 15 is 0 Å². The number of carbonyl (C=O) groups is 1. The van der Waals surface area contributed by atoms with Crippen molar-refractivity contribution in [3.05, 3.63) is 76.5 Å². The van der Waals surface area contributed by atoms with Gasteiger partial charge in [0.05, 0.1) is 17.1 Å². The zero-order valence-corrected chi connectivity index (χ0v) is 18.4. The molecular weight excluding hydrogens is 402 g/mol. The highest BCUT2D eigenvalue weighted by Gasteiger charge is 2.30. The fraction of sp³-hybridized carbons (Fsp3) is 0.360. The minimum Gasteiger partial charge on any atom is -0.330 e. The number of benzene rings is 1. The normalized spacial score (nSPS) is 16.8. The van der Waals surface area contributed by atoms with Gasteiger partial charge in [0, 0.05) is 31.5 Å². The minimum absolute atomic E-state index is 0.0240. The van der Waals surface area contributed by atoms with Crippen molar-refractivity contribution in [2.75, 3.05) is 6.54 Å². The molecule has 0 unspecified atom stereocenters. The molecule has 0 saturated carbocycles. The third kappa shape index (κ3) is 3.47. The summed E-state index contributed by atoms with van der Waals surface area (Å²) in [4.78, 5) is 33.1. The van der Waals surface area contributed by atoms with Gasteiger partial charge in [0.2, 0.25) is 0 Å². The number of rotatable bonds is 4. The molecule has 0 aliphatic carbocycles. The van der Waals surface area contributed by atoms with E-state index in [-0.39, 0.29) is 17.5 Å². The molecule has 0 N–H and O–H groups in total. The van der Waals surface area contributed by atoms with Crippen LogP contribution < -0.4 is 5.56 Å². The molecule has 7 heteroatoms. The largest absolute Gasteiger partial charge is 0.330 e. The van der Waals surface area contributed by atoms with Gasteiger partial charge in [-0.25, -0.2) is 4.52 Å². The second kappa shape index (κ2) is 8.22. The number of nitrogens with zero attached hydrogens (tertiary/aromatic N) is 5. The highest BCUT2D eigenvalue weighted by Crippen LogP contribution is 2.31. The van der Waals surface area contributed by atoms with Gasteiger partial charge in [-0.2, -0.15) is 5.10 Å². The number of piperidine rings is 1. The number of likely N-dealkylation sites (tertiary alicyclic amines) is 1. The first-order chi connectivity index (χ1) is 15.5. The maximum Gasteiger partial charge on any atom is 0.277 e. The predicted molar refractivity (Wildman–Crippen MR) is 124 cm³/mol. The Bertz CT molecular complexity index is 1340. The predicted octanol–water partition coefficient (Wildman–Crippen LogP) is 4.07. The fourth-order valence-corrected chi connectivity index (χ4v) is 4.73. The summed E-state index contributed by atoms with van der Waals surface area (Å²) < 4.78 is 3.43. The number of para-hydroxylation sites is 2. The molecular formula is C25H27N5O2. The maximum absolute atomic E-state index is 13.6. The molecule has 1 amide bonds. The van der Waals surface area contributed by atoms with Crippen LogP contribution in [0.25, 0.3) is 16.6 Å². The molecule has 1 aliphatic rings. The van der Waals surface area contributed by atoms with Crippen LogP contribution in [0.15, 0.2) is 59.7 Å². The molecule has 0 bridgehead atoms. The van der Waals surface area contributed by atoms with Gasteiger partial charge in [-0.3, -0.25) is 14.6 Å². The number of amides is 1. The summed E-state index contributed by atoms with van der Waals surface area (Å²) in [5, 5.41) is 4.62. The molecule has 1 aromatic carbocycles. The van der Waals surface area contributed by atoms with E-state index in [1.54, 1.807) is 21.3 Å². The average molecular weight is 430 g/mol. The van der Waals surface area contributed by atoms with E-state index in [4.69, 9.17) is 0 Å². The van der Waals surface area contributed by atoms with Crippen molar-refractivity contribution in [3.8, 4) is 0 Å². The summed E-state index contributed by atoms with van der Waals surface area (Å²) in [6, 6.07) is 13.3. The van der Waals surface area contributed by atoms with E-state index in [1.165, 1.54) is 0 Å². The molecule has 7 nitrogen and oxygen atoms in total. The van der Waals surface area contributed by atoms with Crippen LogP contribution in [0.3, 0.4) is 0 Å². The van der Waals surface area contributed by atoms with E-state index in [0.717, 1.165) is 35.9 Å². The van der Waals surface area contributed by atoms with E-state index in [0.29, 0.717) is 30.2 Å². The van der Waals surface area contributed by atoms with Crippen molar-refractivity contribution < 1.29 is 4.79 Å². The van der Waals surface area contributed by atoms with Gasteiger partial charge >= 0.3 is 0 Å². The first kappa shape index (κ1) is 20.4. The van der Waals surface area contributed by atoms with Crippen molar-refractivity contribution in [3.63, 3.8) is 0 Å². The lowest BCUT2D eigenvalue weighted by Gasteiger charge is -2.35. The van der Waals surface area contributed by atoms with Crippen molar-refractivity contribution in [1.29, 1.82) is 0 Å². The minimum atomic E-state index is -0.138. The SMILES string of the molecule is CC(C)Cn1c(=O)c2cc(C(=O)N3CCCC[C@@H]3c3cccnc3)nn2c2ccccc21. The van der Waals surface area contributed by atoms with E-state index in [1.807, 2.05) is 47.5 Å². The summed E-state index contributed by atoms with van der Waals surface area (Å²) in [6.07, 6.45) is 6.50. The van der Waals surface area contributed by atoms with Gasteiger partial charge in [0.1, 0.15) is 5.52 Å². The number of pyridine rings is 1. The summed E-state index contributed by atoms with van der Waals surface area (Å²) in [6.45, 7) is 5.46. The molecule has 32 heavy (non-hydrogen) atoms. The smallest absolute Gasteiger partial charge is 0.277 e. The Morgan fingerprint density at radius 3 is 2.66 bits per heavy atom. The fourth-order valence-electron chi connectivity index (χ4n) is 4.73. The van der Waals surface area contributed by atoms with Crippen molar-refractivity contribution in [2.45, 2.75) is 45.7 Å². The lowest BCUT2D eigenvalue weighted by Crippen LogP contribution is -2.38. The van der Waals surface area contributed by atoms with Crippen LogP contribution in [-0.2, 0) is 6.54 Å². The topological polar surface area (TPSA) is 72.5 Å². The molecule has 4 heterocycles. The molecule has 5 rings (SSSR count). The Hall–Kier alpha value is -3.48. The van der Waals surface area contributed by atoms with Crippen LogP contribution in [0.5, 0.6) is 0 Å². The van der Waals surface area contributed by atoms with Gasteiger partial charge in [-0.05, 0) is 48.9 Å². The van der Waals surface area contributed by atoms with E-state index in [9.17, 15) is 9.59 Å². The van der Waals surface area contributed by atoms with Crippen LogP contribution in [0.2, 0.25) is 0 Å². The van der Waals surface area contributed by atoms with Crippen LogP contribution in [0.4, 0.5) is 0 Å². The lowest BCUT2D eigenvalue weighted by molar-refractivity contribution is 0.0605. The van der Waals surface area contributed by atoms with Crippen LogP contribution in [0, 0.1) is 5.92 Å². The third-order valence-electron chi connectivity index (χ3n) is 6.17. The van der Waals surface area contributed by atoms with E-state index in [2.05, 4.69) is 23.9 Å². The summed E-state index contributed by atoms with van der Waals surface area (Å²) in [5.74, 6) is 0.178. The Morgan fingerprint density at radius 2 is 1.91 bits per heavy atom. The molecule has 1 aliphatic heterocycles. The van der Waals surface area contributed by atoms with Crippen molar-refractivity contribution in [1.82, 2.24) is 24.1 Å². The molecule has 164 valence electrons. The zero-order chi connectivity index (χ0) is 22.2. The Labute approximate surface area is 186 Å². The highest BCUT2D eigenvalue weighted by atomic mass is 16.2. The van der Waals surface area contributed by atoms with Gasteiger partial charge in [0.25, 0.3) is 11.5 Å². The van der Waals surface area contributed by atoms with Gasteiger partial charge < -0.3 is 9.47 Å².